The lowest BCUT2D eigenvalue weighted by Crippen LogP contribution is -2.40. The first-order chi connectivity index (χ1) is 14.4. The Balaban J connectivity index is 1.56. The van der Waals surface area contributed by atoms with E-state index in [2.05, 4.69) is 10.2 Å². The van der Waals surface area contributed by atoms with Gasteiger partial charge in [0.1, 0.15) is 17.1 Å². The van der Waals surface area contributed by atoms with Crippen LogP contribution in [0.3, 0.4) is 0 Å². The van der Waals surface area contributed by atoms with Crippen molar-refractivity contribution >= 4 is 28.5 Å². The Kier molecular flexibility index (Phi) is 5.97. The molecule has 6 nitrogen and oxygen atoms in total. The molecular weight excluding hydrogens is 404 g/mol. The molecule has 1 aliphatic heterocycles. The van der Waals surface area contributed by atoms with E-state index in [1.54, 1.807) is 12.1 Å². The molecule has 0 saturated carbocycles. The van der Waals surface area contributed by atoms with Gasteiger partial charge in [-0.2, -0.15) is 0 Å². The van der Waals surface area contributed by atoms with Crippen LogP contribution in [0.25, 0.3) is 11.0 Å². The number of nitrogens with zero attached hydrogens (tertiary/aromatic N) is 1. The molecule has 1 aliphatic rings. The largest absolute Gasteiger partial charge is 0.465 e. The van der Waals surface area contributed by atoms with Gasteiger partial charge in [0.15, 0.2) is 11.2 Å². The van der Waals surface area contributed by atoms with Crippen molar-refractivity contribution in [3.8, 4) is 0 Å². The number of fused-ring (bicyclic) bond motifs is 1. The van der Waals surface area contributed by atoms with Crippen molar-refractivity contribution in [2.45, 2.75) is 39.2 Å². The van der Waals surface area contributed by atoms with Gasteiger partial charge in [-0.3, -0.25) is 14.5 Å². The summed E-state index contributed by atoms with van der Waals surface area (Å²) < 4.78 is 11.6. The highest BCUT2D eigenvalue weighted by atomic mass is 35.5. The van der Waals surface area contributed by atoms with Crippen molar-refractivity contribution in [2.24, 2.45) is 0 Å². The van der Waals surface area contributed by atoms with Crippen LogP contribution >= 0.6 is 11.6 Å². The van der Waals surface area contributed by atoms with Gasteiger partial charge in [0, 0.05) is 17.6 Å². The van der Waals surface area contributed by atoms with Gasteiger partial charge in [0.25, 0.3) is 5.91 Å². The summed E-state index contributed by atoms with van der Waals surface area (Å²) >= 11 is 6.11. The first kappa shape index (κ1) is 20.7. The minimum Gasteiger partial charge on any atom is -0.465 e. The number of carbonyl (C=O) groups is 1. The van der Waals surface area contributed by atoms with E-state index in [9.17, 15) is 9.59 Å². The van der Waals surface area contributed by atoms with Crippen LogP contribution in [0.1, 0.15) is 52.9 Å². The maximum Gasteiger partial charge on any atom is 0.287 e. The van der Waals surface area contributed by atoms with Crippen molar-refractivity contribution in [3.63, 3.8) is 0 Å². The summed E-state index contributed by atoms with van der Waals surface area (Å²) in [5.41, 5.74) is 0.838. The third-order valence-electron chi connectivity index (χ3n) is 5.61. The van der Waals surface area contributed by atoms with E-state index < -0.39 is 5.91 Å². The van der Waals surface area contributed by atoms with Crippen molar-refractivity contribution in [3.05, 3.63) is 68.4 Å². The average Bonchev–Trinajstić information content (AvgIpc) is 3.16. The summed E-state index contributed by atoms with van der Waals surface area (Å²) in [5, 5.41) is 3.77. The molecule has 158 valence electrons. The lowest BCUT2D eigenvalue weighted by Gasteiger charge is -2.33. The predicted octanol–water partition coefficient (Wildman–Crippen LogP) is 4.61. The molecule has 0 spiro atoms. The van der Waals surface area contributed by atoms with E-state index >= 15 is 0 Å². The first-order valence-corrected chi connectivity index (χ1v) is 10.6. The van der Waals surface area contributed by atoms with Gasteiger partial charge in [-0.05, 0) is 69.6 Å². The number of aryl methyl sites for hydroxylation is 2. The molecule has 1 saturated heterocycles. The van der Waals surface area contributed by atoms with Gasteiger partial charge >= 0.3 is 0 Å². The van der Waals surface area contributed by atoms with Crippen LogP contribution in [0.4, 0.5) is 0 Å². The van der Waals surface area contributed by atoms with Gasteiger partial charge in [-0.25, -0.2) is 0 Å². The van der Waals surface area contributed by atoms with E-state index in [-0.39, 0.29) is 17.2 Å². The molecule has 1 N–H and O–H groups in total. The molecular formula is C23H25ClN2O4. The molecule has 0 unspecified atom stereocenters. The number of piperidine rings is 1. The van der Waals surface area contributed by atoms with E-state index in [1.807, 2.05) is 26.0 Å². The number of likely N-dealkylation sites (tertiary alicyclic amines) is 1. The topological polar surface area (TPSA) is 75.7 Å². The van der Waals surface area contributed by atoms with E-state index in [4.69, 9.17) is 20.4 Å². The number of rotatable bonds is 5. The molecule has 0 bridgehead atoms. The molecule has 1 aromatic carbocycles. The van der Waals surface area contributed by atoms with Crippen LogP contribution in [-0.4, -0.2) is 30.4 Å². The quantitative estimate of drug-likeness (QED) is 0.642. The van der Waals surface area contributed by atoms with Crippen LogP contribution in [0, 0.1) is 13.8 Å². The fourth-order valence-electron chi connectivity index (χ4n) is 3.94. The highest BCUT2D eigenvalue weighted by Gasteiger charge is 2.26. The normalized spacial score (nSPS) is 16.0. The number of furan rings is 1. The average molecular weight is 429 g/mol. The number of hydrogen-bond acceptors (Lipinski definition) is 5. The minimum atomic E-state index is -0.424. The second kappa shape index (κ2) is 8.66. The van der Waals surface area contributed by atoms with Crippen LogP contribution in [-0.2, 0) is 0 Å². The summed E-state index contributed by atoms with van der Waals surface area (Å²) in [4.78, 5) is 27.6. The van der Waals surface area contributed by atoms with E-state index in [0.717, 1.165) is 43.0 Å². The maximum absolute atomic E-state index is 12.8. The minimum absolute atomic E-state index is 0.0118. The Labute approximate surface area is 179 Å². The van der Waals surface area contributed by atoms with Crippen molar-refractivity contribution in [1.82, 2.24) is 10.2 Å². The molecule has 0 aliphatic carbocycles. The number of carbonyl (C=O) groups excluding carboxylic acids is 1. The fraction of sp³-hybridized carbons (Fsp3) is 0.391. The molecule has 0 radical (unpaired) electrons. The number of hydrogen-bond donors (Lipinski definition) is 1. The standard InChI is InChI=1S/C23H25ClN2O4/c1-14-10-21-16(11-17(14)24)19(27)12-22(30-21)23(28)25-13-18(20-7-6-15(2)29-20)26-8-4-3-5-9-26/h6-7,10-12,18H,3-5,8-9,13H2,1-2H3,(H,25,28)/t18-/m0/s1. The third-order valence-corrected chi connectivity index (χ3v) is 6.02. The zero-order chi connectivity index (χ0) is 21.3. The Morgan fingerprint density at radius 2 is 1.90 bits per heavy atom. The molecule has 4 rings (SSSR count). The Bertz CT molecular complexity index is 1130. The van der Waals surface area contributed by atoms with Crippen molar-refractivity contribution in [1.29, 1.82) is 0 Å². The van der Waals surface area contributed by atoms with E-state index in [0.29, 0.717) is 22.5 Å². The number of nitrogens with one attached hydrogen (secondary N) is 1. The van der Waals surface area contributed by atoms with Gasteiger partial charge in [-0.15, -0.1) is 0 Å². The molecule has 1 atom stereocenters. The Hall–Kier alpha value is -2.57. The van der Waals surface area contributed by atoms with Crippen molar-refractivity contribution in [2.75, 3.05) is 19.6 Å². The molecule has 1 amide bonds. The second-order valence-corrected chi connectivity index (χ2v) is 8.25. The third kappa shape index (κ3) is 4.30. The fourth-order valence-corrected chi connectivity index (χ4v) is 4.10. The lowest BCUT2D eigenvalue weighted by atomic mass is 10.1. The van der Waals surface area contributed by atoms with Gasteiger partial charge in [0.2, 0.25) is 0 Å². The van der Waals surface area contributed by atoms with Crippen molar-refractivity contribution < 1.29 is 13.6 Å². The summed E-state index contributed by atoms with van der Waals surface area (Å²) in [5.74, 6) is 1.24. The SMILES string of the molecule is Cc1ccc([C@H](CNC(=O)c2cc(=O)c3cc(Cl)c(C)cc3o2)N2CCCCC2)o1. The predicted molar refractivity (Wildman–Crippen MR) is 116 cm³/mol. The maximum atomic E-state index is 12.8. The summed E-state index contributed by atoms with van der Waals surface area (Å²) in [6.07, 6.45) is 3.48. The summed E-state index contributed by atoms with van der Waals surface area (Å²) in [7, 11) is 0. The number of amides is 1. The van der Waals surface area contributed by atoms with Crippen LogP contribution in [0.5, 0.6) is 0 Å². The summed E-state index contributed by atoms with van der Waals surface area (Å²) in [6, 6.07) is 8.31. The highest BCUT2D eigenvalue weighted by molar-refractivity contribution is 6.32. The van der Waals surface area contributed by atoms with E-state index in [1.165, 1.54) is 12.5 Å². The highest BCUT2D eigenvalue weighted by Crippen LogP contribution is 2.26. The molecule has 3 aromatic rings. The molecule has 3 heterocycles. The first-order valence-electron chi connectivity index (χ1n) is 10.2. The molecule has 1 fully saturated rings. The number of benzene rings is 1. The number of halogens is 1. The molecule has 7 heteroatoms. The van der Waals surface area contributed by atoms with Gasteiger partial charge in [0.05, 0.1) is 11.4 Å². The monoisotopic (exact) mass is 428 g/mol. The Morgan fingerprint density at radius 3 is 2.60 bits per heavy atom. The Morgan fingerprint density at radius 1 is 1.13 bits per heavy atom. The smallest absolute Gasteiger partial charge is 0.287 e. The lowest BCUT2D eigenvalue weighted by molar-refractivity contribution is 0.0887. The molecule has 30 heavy (non-hydrogen) atoms. The van der Waals surface area contributed by atoms with Crippen LogP contribution in [0.15, 0.2) is 44.0 Å². The zero-order valence-corrected chi connectivity index (χ0v) is 17.9. The zero-order valence-electron chi connectivity index (χ0n) is 17.2. The van der Waals surface area contributed by atoms with Crippen LogP contribution in [0.2, 0.25) is 5.02 Å². The van der Waals surface area contributed by atoms with Gasteiger partial charge < -0.3 is 14.2 Å². The molecule has 2 aromatic heterocycles. The second-order valence-electron chi connectivity index (χ2n) is 7.84. The van der Waals surface area contributed by atoms with Crippen LogP contribution < -0.4 is 10.7 Å². The van der Waals surface area contributed by atoms with Gasteiger partial charge in [-0.1, -0.05) is 18.0 Å². The summed E-state index contributed by atoms with van der Waals surface area (Å²) in [6.45, 7) is 6.03.